The summed E-state index contributed by atoms with van der Waals surface area (Å²) in [6, 6.07) is 7.22. The van der Waals surface area contributed by atoms with Crippen molar-refractivity contribution in [2.45, 2.75) is 17.9 Å². The zero-order chi connectivity index (χ0) is 19.0. The number of benzene rings is 1. The molecule has 0 saturated heterocycles. The molecule has 6 nitrogen and oxygen atoms in total. The molecule has 2 aromatic heterocycles. The van der Waals surface area contributed by atoms with Gasteiger partial charge in [0.2, 0.25) is 10.0 Å². The molecule has 0 aliphatic carbocycles. The lowest BCUT2D eigenvalue weighted by atomic mass is 9.99. The van der Waals surface area contributed by atoms with Gasteiger partial charge in [-0.15, -0.1) is 11.3 Å². The number of ketones is 1. The molecule has 0 spiro atoms. The molecule has 140 valence electrons. The fraction of sp³-hybridized carbons (Fsp3) is 0.278. The van der Waals surface area contributed by atoms with Crippen LogP contribution in [0.25, 0.3) is 10.2 Å². The largest absolute Gasteiger partial charge is 0.293 e. The van der Waals surface area contributed by atoms with Crippen molar-refractivity contribution in [3.05, 3.63) is 47.1 Å². The minimum atomic E-state index is -3.30. The number of nitrogens with zero attached hydrogens (tertiary/aromatic N) is 3. The van der Waals surface area contributed by atoms with Crippen molar-refractivity contribution in [2.75, 3.05) is 22.9 Å². The number of rotatable bonds is 5. The summed E-state index contributed by atoms with van der Waals surface area (Å²) in [5.41, 5.74) is 3.09. The second-order valence-corrected chi connectivity index (χ2v) is 10.1. The Kier molecular flexibility index (Phi) is 4.92. The van der Waals surface area contributed by atoms with Gasteiger partial charge in [-0.05, 0) is 48.1 Å². The third kappa shape index (κ3) is 3.71. The lowest BCUT2D eigenvalue weighted by molar-refractivity contribution is 0.102. The van der Waals surface area contributed by atoms with Gasteiger partial charge in [0.05, 0.1) is 27.9 Å². The molecule has 3 aromatic rings. The molecule has 1 aliphatic heterocycles. The lowest BCUT2D eigenvalue weighted by Crippen LogP contribution is -2.34. The van der Waals surface area contributed by atoms with Gasteiger partial charge in [0.1, 0.15) is 11.4 Å². The number of aromatic nitrogens is 2. The Morgan fingerprint density at radius 3 is 2.96 bits per heavy atom. The molecule has 4 rings (SSSR count). The Hall–Kier alpha value is -1.97. The van der Waals surface area contributed by atoms with Crippen molar-refractivity contribution >= 4 is 54.8 Å². The molecule has 0 radical (unpaired) electrons. The van der Waals surface area contributed by atoms with Gasteiger partial charge in [-0.1, -0.05) is 11.8 Å². The average Bonchev–Trinajstić information content (AvgIpc) is 3.13. The molecular formula is C18H17N3O3S3. The summed E-state index contributed by atoms with van der Waals surface area (Å²) < 4.78 is 26.3. The van der Waals surface area contributed by atoms with E-state index in [1.54, 1.807) is 23.5 Å². The van der Waals surface area contributed by atoms with Crippen LogP contribution in [0.15, 0.2) is 41.0 Å². The number of aryl methyl sites for hydroxylation is 1. The highest BCUT2D eigenvalue weighted by molar-refractivity contribution is 8.00. The van der Waals surface area contributed by atoms with Crippen molar-refractivity contribution in [3.8, 4) is 0 Å². The first kappa shape index (κ1) is 18.4. The second kappa shape index (κ2) is 7.21. The number of sulfonamides is 1. The van der Waals surface area contributed by atoms with Gasteiger partial charge in [-0.25, -0.2) is 18.4 Å². The molecule has 9 heteroatoms. The number of thioether (sulfide) groups is 1. The lowest BCUT2D eigenvalue weighted by Gasteiger charge is -2.29. The zero-order valence-corrected chi connectivity index (χ0v) is 17.0. The number of Topliss-reactive ketones (excluding diaryl/α,β-unsaturated/α-hetero) is 1. The Labute approximate surface area is 165 Å². The van der Waals surface area contributed by atoms with E-state index < -0.39 is 10.0 Å². The maximum atomic E-state index is 12.7. The van der Waals surface area contributed by atoms with E-state index in [0.29, 0.717) is 17.8 Å². The first-order valence-electron chi connectivity index (χ1n) is 8.38. The van der Waals surface area contributed by atoms with Crippen molar-refractivity contribution in [1.29, 1.82) is 0 Å². The van der Waals surface area contributed by atoms with Gasteiger partial charge >= 0.3 is 0 Å². The minimum Gasteiger partial charge on any atom is -0.293 e. The number of fused-ring (bicyclic) bond motifs is 2. The maximum Gasteiger partial charge on any atom is 0.232 e. The highest BCUT2D eigenvalue weighted by Gasteiger charge is 2.24. The van der Waals surface area contributed by atoms with Gasteiger partial charge in [0, 0.05) is 12.1 Å². The van der Waals surface area contributed by atoms with Gasteiger partial charge in [-0.2, -0.15) is 0 Å². The van der Waals surface area contributed by atoms with E-state index in [4.69, 9.17) is 0 Å². The van der Waals surface area contributed by atoms with E-state index >= 15 is 0 Å². The maximum absolute atomic E-state index is 12.7. The van der Waals surface area contributed by atoms with Crippen molar-refractivity contribution < 1.29 is 13.2 Å². The summed E-state index contributed by atoms with van der Waals surface area (Å²) in [6.07, 6.45) is 4.26. The molecule has 0 atom stereocenters. The van der Waals surface area contributed by atoms with Crippen molar-refractivity contribution in [1.82, 2.24) is 9.97 Å². The summed E-state index contributed by atoms with van der Waals surface area (Å²) in [6.45, 7) is 0.486. The number of anilines is 1. The fourth-order valence-corrected chi connectivity index (χ4v) is 6.00. The first-order chi connectivity index (χ1) is 12.9. The number of carbonyl (C=O) groups is 1. The Balaban J connectivity index is 1.54. The first-order valence-corrected chi connectivity index (χ1v) is 12.1. The van der Waals surface area contributed by atoms with Gasteiger partial charge in [-0.3, -0.25) is 9.10 Å². The summed E-state index contributed by atoms with van der Waals surface area (Å²) >= 11 is 2.97. The normalized spacial score (nSPS) is 14.3. The summed E-state index contributed by atoms with van der Waals surface area (Å²) in [4.78, 5) is 21.2. The van der Waals surface area contributed by atoms with Crippen LogP contribution in [0.3, 0.4) is 0 Å². The molecule has 1 aromatic carbocycles. The summed E-state index contributed by atoms with van der Waals surface area (Å²) in [5.74, 6) is 0.279. The second-order valence-electron chi connectivity index (χ2n) is 6.31. The summed E-state index contributed by atoms with van der Waals surface area (Å²) in [5, 5.41) is 2.77. The van der Waals surface area contributed by atoms with E-state index in [0.717, 1.165) is 33.6 Å². The van der Waals surface area contributed by atoms with Crippen molar-refractivity contribution in [3.63, 3.8) is 0 Å². The van der Waals surface area contributed by atoms with Gasteiger partial charge < -0.3 is 0 Å². The minimum absolute atomic E-state index is 0.00241. The van der Waals surface area contributed by atoms with Crippen LogP contribution in [0.2, 0.25) is 0 Å². The molecule has 0 bridgehead atoms. The Bertz CT molecular complexity index is 1130. The predicted molar refractivity (Wildman–Crippen MR) is 109 cm³/mol. The smallest absolute Gasteiger partial charge is 0.232 e. The highest BCUT2D eigenvalue weighted by Crippen LogP contribution is 2.32. The van der Waals surface area contributed by atoms with E-state index in [1.165, 1.54) is 28.7 Å². The van der Waals surface area contributed by atoms with Crippen molar-refractivity contribution in [2.24, 2.45) is 0 Å². The Morgan fingerprint density at radius 2 is 2.15 bits per heavy atom. The molecule has 27 heavy (non-hydrogen) atoms. The SMILES string of the molecule is CS(=O)(=O)N1CCCc2cc(C(=O)CSc3ncnc4ccsc34)ccc21. The monoisotopic (exact) mass is 419 g/mol. The standard InChI is InChI=1S/C18H17N3O3S3/c1-27(23,24)21-7-2-3-12-9-13(4-5-15(12)21)16(22)10-26-18-17-14(6-8-25-17)19-11-20-18/h4-6,8-9,11H,2-3,7,10H2,1H3. The summed E-state index contributed by atoms with van der Waals surface area (Å²) in [7, 11) is -3.30. The topological polar surface area (TPSA) is 80.2 Å². The van der Waals surface area contributed by atoms with Crippen LogP contribution < -0.4 is 4.31 Å². The van der Waals surface area contributed by atoms with Crippen LogP contribution in [0.5, 0.6) is 0 Å². The molecule has 0 fully saturated rings. The third-order valence-electron chi connectivity index (χ3n) is 4.43. The fourth-order valence-electron chi connectivity index (χ4n) is 3.17. The molecule has 1 aliphatic rings. The average molecular weight is 420 g/mol. The van der Waals surface area contributed by atoms with Crippen LogP contribution in [-0.2, 0) is 16.4 Å². The van der Waals surface area contributed by atoms with Gasteiger partial charge in [0.25, 0.3) is 0 Å². The quantitative estimate of drug-likeness (QED) is 0.358. The molecule has 0 saturated carbocycles. The van der Waals surface area contributed by atoms with Crippen LogP contribution in [0.1, 0.15) is 22.3 Å². The predicted octanol–water partition coefficient (Wildman–Crippen LogP) is 3.38. The number of thiophene rings is 1. The third-order valence-corrected chi connectivity index (χ3v) is 7.64. The van der Waals surface area contributed by atoms with E-state index in [9.17, 15) is 13.2 Å². The number of hydrogen-bond acceptors (Lipinski definition) is 7. The number of carbonyl (C=O) groups excluding carboxylic acids is 1. The molecule has 0 amide bonds. The molecule has 3 heterocycles. The van der Waals surface area contributed by atoms with Gasteiger partial charge in [0.15, 0.2) is 5.78 Å². The van der Waals surface area contributed by atoms with E-state index in [1.807, 2.05) is 17.5 Å². The van der Waals surface area contributed by atoms with Crippen LogP contribution >= 0.6 is 23.1 Å². The van der Waals surface area contributed by atoms with Crippen LogP contribution in [0, 0.1) is 0 Å². The Morgan fingerprint density at radius 1 is 1.30 bits per heavy atom. The van der Waals surface area contributed by atoms with Crippen LogP contribution in [-0.4, -0.2) is 42.7 Å². The van der Waals surface area contributed by atoms with E-state index in [-0.39, 0.29) is 11.5 Å². The molecule has 0 N–H and O–H groups in total. The van der Waals surface area contributed by atoms with E-state index in [2.05, 4.69) is 9.97 Å². The zero-order valence-electron chi connectivity index (χ0n) is 14.6. The molecule has 0 unspecified atom stereocenters. The molecular weight excluding hydrogens is 402 g/mol. The van der Waals surface area contributed by atoms with Crippen LogP contribution in [0.4, 0.5) is 5.69 Å². The highest BCUT2D eigenvalue weighted by atomic mass is 32.2. The number of hydrogen-bond donors (Lipinski definition) is 0.